The number of aromatic hydroxyl groups is 1. The number of nitrogens with one attached hydrogen (secondary N) is 1. The molecule has 4 heteroatoms. The van der Waals surface area contributed by atoms with Crippen molar-refractivity contribution in [1.29, 1.82) is 0 Å². The first kappa shape index (κ1) is 13.9. The van der Waals surface area contributed by atoms with Crippen molar-refractivity contribution >= 4 is 0 Å². The maximum Gasteiger partial charge on any atom is 0.131 e. The lowest BCUT2D eigenvalue weighted by Crippen LogP contribution is -2.29. The van der Waals surface area contributed by atoms with E-state index in [1.165, 1.54) is 6.07 Å². The molecule has 0 spiro atoms. The summed E-state index contributed by atoms with van der Waals surface area (Å²) in [5.41, 5.74) is 0.540. The maximum atomic E-state index is 13.6. The molecule has 0 bridgehead atoms. The molecule has 17 heavy (non-hydrogen) atoms. The number of benzene rings is 1. The van der Waals surface area contributed by atoms with E-state index in [0.717, 1.165) is 18.9 Å². The van der Waals surface area contributed by atoms with Gasteiger partial charge in [0, 0.05) is 30.3 Å². The zero-order valence-electron chi connectivity index (χ0n) is 10.3. The first-order valence-electron chi connectivity index (χ1n) is 5.90. The highest BCUT2D eigenvalue weighted by Crippen LogP contribution is 2.21. The lowest BCUT2D eigenvalue weighted by molar-refractivity contribution is 0.274. The molecule has 1 rings (SSSR count). The van der Waals surface area contributed by atoms with Crippen molar-refractivity contribution in [1.82, 2.24) is 5.32 Å². The maximum absolute atomic E-state index is 13.6. The molecule has 2 unspecified atom stereocenters. The fourth-order valence-electron chi connectivity index (χ4n) is 1.86. The lowest BCUT2D eigenvalue weighted by atomic mass is 10.1. The van der Waals surface area contributed by atoms with Crippen molar-refractivity contribution in [2.24, 2.45) is 0 Å². The van der Waals surface area contributed by atoms with Gasteiger partial charge in [-0.15, -0.1) is 0 Å². The van der Waals surface area contributed by atoms with E-state index in [9.17, 15) is 4.39 Å². The van der Waals surface area contributed by atoms with Gasteiger partial charge >= 0.3 is 0 Å². The Morgan fingerprint density at radius 1 is 1.35 bits per heavy atom. The van der Waals surface area contributed by atoms with Crippen LogP contribution in [-0.2, 0) is 0 Å². The van der Waals surface area contributed by atoms with Crippen LogP contribution in [0.25, 0.3) is 0 Å². The summed E-state index contributed by atoms with van der Waals surface area (Å²) in [6.07, 6.45) is 1.58. The first-order chi connectivity index (χ1) is 8.04. The second-order valence-electron chi connectivity index (χ2n) is 4.36. The Balaban J connectivity index is 2.60. The standard InChI is InChI=1S/C13H20FNO2/c1-9(4-3-7-16)15-10(2)12-6-5-11(17)8-13(12)14/h5-6,8-10,15-17H,3-4,7H2,1-2H3. The van der Waals surface area contributed by atoms with Gasteiger partial charge in [0.2, 0.25) is 0 Å². The molecule has 3 N–H and O–H groups in total. The summed E-state index contributed by atoms with van der Waals surface area (Å²) in [5, 5.41) is 21.1. The molecule has 1 aromatic rings. The highest BCUT2D eigenvalue weighted by Gasteiger charge is 2.13. The van der Waals surface area contributed by atoms with Gasteiger partial charge in [-0.25, -0.2) is 4.39 Å². The average Bonchev–Trinajstić information content (AvgIpc) is 2.26. The zero-order chi connectivity index (χ0) is 12.8. The number of phenolic OH excluding ortho intramolecular Hbond substituents is 1. The molecular weight excluding hydrogens is 221 g/mol. The van der Waals surface area contributed by atoms with Crippen LogP contribution in [0.2, 0.25) is 0 Å². The quantitative estimate of drug-likeness (QED) is 0.716. The summed E-state index contributed by atoms with van der Waals surface area (Å²) in [5.74, 6) is -0.467. The highest BCUT2D eigenvalue weighted by molar-refractivity contribution is 5.29. The second-order valence-corrected chi connectivity index (χ2v) is 4.36. The molecule has 0 aliphatic heterocycles. The van der Waals surface area contributed by atoms with Gasteiger partial charge in [-0.1, -0.05) is 6.07 Å². The molecule has 0 heterocycles. The predicted molar refractivity (Wildman–Crippen MR) is 65.4 cm³/mol. The Morgan fingerprint density at radius 2 is 2.06 bits per heavy atom. The van der Waals surface area contributed by atoms with Crippen LogP contribution in [0.5, 0.6) is 5.75 Å². The van der Waals surface area contributed by atoms with E-state index in [4.69, 9.17) is 10.2 Å². The van der Waals surface area contributed by atoms with E-state index in [0.29, 0.717) is 5.56 Å². The summed E-state index contributed by atoms with van der Waals surface area (Å²) < 4.78 is 13.6. The van der Waals surface area contributed by atoms with Crippen LogP contribution < -0.4 is 5.32 Å². The molecule has 0 fully saturated rings. The Morgan fingerprint density at radius 3 is 2.65 bits per heavy atom. The van der Waals surface area contributed by atoms with Crippen molar-refractivity contribution in [2.75, 3.05) is 6.61 Å². The van der Waals surface area contributed by atoms with Crippen LogP contribution in [0.1, 0.15) is 38.3 Å². The van der Waals surface area contributed by atoms with E-state index < -0.39 is 5.82 Å². The van der Waals surface area contributed by atoms with Gasteiger partial charge in [-0.05, 0) is 32.8 Å². The van der Waals surface area contributed by atoms with Crippen LogP contribution >= 0.6 is 0 Å². The van der Waals surface area contributed by atoms with Crippen molar-refractivity contribution in [3.8, 4) is 5.75 Å². The molecule has 0 amide bonds. The van der Waals surface area contributed by atoms with Gasteiger partial charge in [0.05, 0.1) is 0 Å². The van der Waals surface area contributed by atoms with E-state index in [1.54, 1.807) is 6.07 Å². The largest absolute Gasteiger partial charge is 0.508 e. The summed E-state index contributed by atoms with van der Waals surface area (Å²) in [6, 6.07) is 4.27. The fraction of sp³-hybridized carbons (Fsp3) is 0.538. The number of hydrogen-bond donors (Lipinski definition) is 3. The number of halogens is 1. The Bertz CT molecular complexity index is 357. The molecule has 0 saturated carbocycles. The molecule has 3 nitrogen and oxygen atoms in total. The molecular formula is C13H20FNO2. The van der Waals surface area contributed by atoms with E-state index >= 15 is 0 Å². The van der Waals surface area contributed by atoms with E-state index in [-0.39, 0.29) is 24.4 Å². The Hall–Kier alpha value is -1.13. The van der Waals surface area contributed by atoms with Gasteiger partial charge < -0.3 is 15.5 Å². The summed E-state index contributed by atoms with van der Waals surface area (Å²) in [7, 11) is 0. The number of hydrogen-bond acceptors (Lipinski definition) is 3. The fourth-order valence-corrected chi connectivity index (χ4v) is 1.86. The summed E-state index contributed by atoms with van der Waals surface area (Å²) in [4.78, 5) is 0. The molecule has 1 aromatic carbocycles. The van der Waals surface area contributed by atoms with Gasteiger partial charge in [0.15, 0.2) is 0 Å². The van der Waals surface area contributed by atoms with Crippen molar-refractivity contribution in [2.45, 2.75) is 38.8 Å². The number of phenols is 1. The average molecular weight is 241 g/mol. The molecule has 0 radical (unpaired) electrons. The molecule has 0 aliphatic rings. The molecule has 0 aromatic heterocycles. The van der Waals surface area contributed by atoms with Gasteiger partial charge in [0.25, 0.3) is 0 Å². The Labute approximate surface area is 101 Å². The second kappa shape index (κ2) is 6.57. The minimum absolute atomic E-state index is 0.0632. The predicted octanol–water partition coefficient (Wildman–Crippen LogP) is 2.34. The van der Waals surface area contributed by atoms with Crippen molar-refractivity contribution in [3.05, 3.63) is 29.6 Å². The minimum Gasteiger partial charge on any atom is -0.508 e. The van der Waals surface area contributed by atoms with E-state index in [1.807, 2.05) is 13.8 Å². The van der Waals surface area contributed by atoms with Crippen molar-refractivity contribution in [3.63, 3.8) is 0 Å². The zero-order valence-corrected chi connectivity index (χ0v) is 10.3. The minimum atomic E-state index is -0.403. The lowest BCUT2D eigenvalue weighted by Gasteiger charge is -2.20. The third-order valence-corrected chi connectivity index (χ3v) is 2.78. The highest BCUT2D eigenvalue weighted by atomic mass is 19.1. The first-order valence-corrected chi connectivity index (χ1v) is 5.90. The topological polar surface area (TPSA) is 52.5 Å². The molecule has 96 valence electrons. The van der Waals surface area contributed by atoms with Crippen LogP contribution in [0.3, 0.4) is 0 Å². The number of aliphatic hydroxyl groups excluding tert-OH is 1. The number of aliphatic hydroxyl groups is 1. The third kappa shape index (κ3) is 4.32. The van der Waals surface area contributed by atoms with Crippen LogP contribution in [-0.4, -0.2) is 22.9 Å². The monoisotopic (exact) mass is 241 g/mol. The van der Waals surface area contributed by atoms with Crippen LogP contribution in [0.4, 0.5) is 4.39 Å². The number of rotatable bonds is 6. The van der Waals surface area contributed by atoms with Gasteiger partial charge in [0.1, 0.15) is 11.6 Å². The van der Waals surface area contributed by atoms with E-state index in [2.05, 4.69) is 5.32 Å². The van der Waals surface area contributed by atoms with Crippen LogP contribution in [0.15, 0.2) is 18.2 Å². The molecule has 0 saturated heterocycles. The Kier molecular flexibility index (Phi) is 5.38. The summed E-state index contributed by atoms with van der Waals surface area (Å²) in [6.45, 7) is 4.06. The normalized spacial score (nSPS) is 14.6. The third-order valence-electron chi connectivity index (χ3n) is 2.78. The SMILES string of the molecule is CC(CCCO)NC(C)c1ccc(O)cc1F. The van der Waals surface area contributed by atoms with Crippen molar-refractivity contribution < 1.29 is 14.6 Å². The van der Waals surface area contributed by atoms with Gasteiger partial charge in [-0.3, -0.25) is 0 Å². The van der Waals surface area contributed by atoms with Gasteiger partial charge in [-0.2, -0.15) is 0 Å². The summed E-state index contributed by atoms with van der Waals surface area (Å²) >= 11 is 0. The smallest absolute Gasteiger partial charge is 0.131 e. The molecule has 2 atom stereocenters. The molecule has 0 aliphatic carbocycles. The van der Waals surface area contributed by atoms with Crippen LogP contribution in [0, 0.1) is 5.82 Å².